The van der Waals surface area contributed by atoms with Crippen molar-refractivity contribution in [2.45, 2.75) is 51.6 Å². The molecule has 17 heavy (non-hydrogen) atoms. The third-order valence-corrected chi connectivity index (χ3v) is 4.10. The SMILES string of the molecule is CCCC1CNC(C2CC2)CN1CCOCC. The summed E-state index contributed by atoms with van der Waals surface area (Å²) in [7, 11) is 0. The molecule has 0 amide bonds. The van der Waals surface area contributed by atoms with E-state index in [1.165, 1.54) is 38.8 Å². The minimum atomic E-state index is 0.732. The Kier molecular flexibility index (Phi) is 5.26. The van der Waals surface area contributed by atoms with E-state index in [-0.39, 0.29) is 0 Å². The van der Waals surface area contributed by atoms with Gasteiger partial charge in [-0.05, 0) is 32.1 Å². The highest BCUT2D eigenvalue weighted by Crippen LogP contribution is 2.34. The minimum absolute atomic E-state index is 0.732. The van der Waals surface area contributed by atoms with Crippen molar-refractivity contribution in [3.05, 3.63) is 0 Å². The summed E-state index contributed by atoms with van der Waals surface area (Å²) < 4.78 is 5.51. The maximum atomic E-state index is 5.51. The summed E-state index contributed by atoms with van der Waals surface area (Å²) >= 11 is 0. The number of hydrogen-bond acceptors (Lipinski definition) is 3. The number of ether oxygens (including phenoxy) is 1. The van der Waals surface area contributed by atoms with Gasteiger partial charge in [0.05, 0.1) is 6.61 Å². The van der Waals surface area contributed by atoms with E-state index < -0.39 is 0 Å². The lowest BCUT2D eigenvalue weighted by atomic mass is 10.0. The predicted octanol–water partition coefficient (Wildman–Crippen LogP) is 1.88. The van der Waals surface area contributed by atoms with E-state index >= 15 is 0 Å². The number of hydrogen-bond donors (Lipinski definition) is 1. The monoisotopic (exact) mass is 240 g/mol. The van der Waals surface area contributed by atoms with E-state index in [0.29, 0.717) is 0 Å². The fraction of sp³-hybridized carbons (Fsp3) is 1.00. The van der Waals surface area contributed by atoms with Crippen LogP contribution < -0.4 is 5.32 Å². The Bertz CT molecular complexity index is 218. The zero-order chi connectivity index (χ0) is 12.1. The zero-order valence-electron chi connectivity index (χ0n) is 11.5. The lowest BCUT2D eigenvalue weighted by Crippen LogP contribution is -2.57. The van der Waals surface area contributed by atoms with Crippen LogP contribution in [0.5, 0.6) is 0 Å². The predicted molar refractivity (Wildman–Crippen MR) is 71.3 cm³/mol. The Hall–Kier alpha value is -0.120. The molecule has 0 radical (unpaired) electrons. The van der Waals surface area contributed by atoms with Crippen molar-refractivity contribution in [3.8, 4) is 0 Å². The summed E-state index contributed by atoms with van der Waals surface area (Å²) in [6, 6.07) is 1.49. The van der Waals surface area contributed by atoms with Crippen LogP contribution in [0.3, 0.4) is 0 Å². The molecule has 2 unspecified atom stereocenters. The zero-order valence-corrected chi connectivity index (χ0v) is 11.5. The van der Waals surface area contributed by atoms with E-state index in [0.717, 1.165) is 37.8 Å². The third-order valence-electron chi connectivity index (χ3n) is 4.10. The highest BCUT2D eigenvalue weighted by atomic mass is 16.5. The summed E-state index contributed by atoms with van der Waals surface area (Å²) in [6.07, 6.45) is 5.48. The Balaban J connectivity index is 1.80. The first-order valence-corrected chi connectivity index (χ1v) is 7.40. The lowest BCUT2D eigenvalue weighted by Gasteiger charge is -2.40. The normalized spacial score (nSPS) is 30.7. The van der Waals surface area contributed by atoms with E-state index in [4.69, 9.17) is 4.74 Å². The van der Waals surface area contributed by atoms with Gasteiger partial charge in [-0.2, -0.15) is 0 Å². The molecular weight excluding hydrogens is 212 g/mol. The van der Waals surface area contributed by atoms with Crippen LogP contribution >= 0.6 is 0 Å². The standard InChI is InChI=1S/C14H28N2O/c1-3-5-13-10-15-14(12-6-7-12)11-16(13)8-9-17-4-2/h12-15H,3-11H2,1-2H3. The Labute approximate surface area is 106 Å². The fourth-order valence-electron chi connectivity index (χ4n) is 2.91. The van der Waals surface area contributed by atoms with Gasteiger partial charge >= 0.3 is 0 Å². The van der Waals surface area contributed by atoms with Gasteiger partial charge in [0.1, 0.15) is 0 Å². The summed E-state index contributed by atoms with van der Waals surface area (Å²) in [4.78, 5) is 2.67. The van der Waals surface area contributed by atoms with Crippen LogP contribution in [-0.2, 0) is 4.74 Å². The molecule has 100 valence electrons. The first-order chi connectivity index (χ1) is 8.35. The van der Waals surface area contributed by atoms with Crippen molar-refractivity contribution in [1.29, 1.82) is 0 Å². The Morgan fingerprint density at radius 2 is 2.12 bits per heavy atom. The van der Waals surface area contributed by atoms with Gasteiger partial charge in [-0.3, -0.25) is 4.90 Å². The minimum Gasteiger partial charge on any atom is -0.380 e. The highest BCUT2D eigenvalue weighted by Gasteiger charge is 2.36. The molecule has 0 bridgehead atoms. The maximum absolute atomic E-state index is 5.51. The van der Waals surface area contributed by atoms with Crippen LogP contribution in [0.1, 0.15) is 39.5 Å². The second-order valence-corrected chi connectivity index (χ2v) is 5.49. The molecule has 2 atom stereocenters. The molecule has 0 aromatic heterocycles. The molecule has 0 spiro atoms. The van der Waals surface area contributed by atoms with Gasteiger partial charge in [-0.15, -0.1) is 0 Å². The average Bonchev–Trinajstić information content (AvgIpc) is 3.16. The van der Waals surface area contributed by atoms with Gasteiger partial charge < -0.3 is 10.1 Å². The van der Waals surface area contributed by atoms with Gasteiger partial charge in [0.2, 0.25) is 0 Å². The van der Waals surface area contributed by atoms with Gasteiger partial charge in [-0.1, -0.05) is 13.3 Å². The average molecular weight is 240 g/mol. The summed E-state index contributed by atoms with van der Waals surface area (Å²) in [5, 5.41) is 3.75. The molecule has 3 heteroatoms. The number of rotatable bonds is 7. The maximum Gasteiger partial charge on any atom is 0.0593 e. The fourth-order valence-corrected chi connectivity index (χ4v) is 2.91. The molecule has 1 heterocycles. The van der Waals surface area contributed by atoms with E-state index in [2.05, 4.69) is 24.1 Å². The van der Waals surface area contributed by atoms with Crippen molar-refractivity contribution < 1.29 is 4.74 Å². The number of nitrogens with zero attached hydrogens (tertiary/aromatic N) is 1. The van der Waals surface area contributed by atoms with Gasteiger partial charge in [0, 0.05) is 38.3 Å². The molecule has 2 rings (SSSR count). The molecule has 1 aliphatic heterocycles. The van der Waals surface area contributed by atoms with E-state index in [1.54, 1.807) is 0 Å². The van der Waals surface area contributed by atoms with Crippen molar-refractivity contribution in [2.75, 3.05) is 32.8 Å². The smallest absolute Gasteiger partial charge is 0.0593 e. The second-order valence-electron chi connectivity index (χ2n) is 5.49. The highest BCUT2D eigenvalue weighted by molar-refractivity contribution is 4.94. The molecule has 3 nitrogen and oxygen atoms in total. The topological polar surface area (TPSA) is 24.5 Å². The van der Waals surface area contributed by atoms with Crippen molar-refractivity contribution in [3.63, 3.8) is 0 Å². The van der Waals surface area contributed by atoms with Gasteiger partial charge in [0.15, 0.2) is 0 Å². The van der Waals surface area contributed by atoms with Crippen LogP contribution in [0, 0.1) is 5.92 Å². The lowest BCUT2D eigenvalue weighted by molar-refractivity contribution is 0.0638. The molecule has 2 aliphatic rings. The number of piperazine rings is 1. The van der Waals surface area contributed by atoms with E-state index in [1.807, 2.05) is 0 Å². The summed E-state index contributed by atoms with van der Waals surface area (Å²) in [6.45, 7) is 9.64. The van der Waals surface area contributed by atoms with Crippen LogP contribution in [-0.4, -0.2) is 49.8 Å². The summed E-state index contributed by atoms with van der Waals surface area (Å²) in [5.41, 5.74) is 0. The summed E-state index contributed by atoms with van der Waals surface area (Å²) in [5.74, 6) is 0.965. The van der Waals surface area contributed by atoms with Crippen LogP contribution in [0.15, 0.2) is 0 Å². The molecular formula is C14H28N2O. The molecule has 1 aliphatic carbocycles. The van der Waals surface area contributed by atoms with Crippen molar-refractivity contribution in [2.24, 2.45) is 5.92 Å². The first kappa shape index (κ1) is 13.3. The van der Waals surface area contributed by atoms with Crippen molar-refractivity contribution >= 4 is 0 Å². The van der Waals surface area contributed by atoms with Crippen LogP contribution in [0.25, 0.3) is 0 Å². The van der Waals surface area contributed by atoms with Crippen molar-refractivity contribution in [1.82, 2.24) is 10.2 Å². The Morgan fingerprint density at radius 3 is 2.76 bits per heavy atom. The second kappa shape index (κ2) is 6.72. The molecule has 1 saturated heterocycles. The first-order valence-electron chi connectivity index (χ1n) is 7.40. The Morgan fingerprint density at radius 1 is 1.29 bits per heavy atom. The van der Waals surface area contributed by atoms with Crippen LogP contribution in [0.2, 0.25) is 0 Å². The third kappa shape index (κ3) is 3.94. The van der Waals surface area contributed by atoms with E-state index in [9.17, 15) is 0 Å². The molecule has 0 aromatic rings. The van der Waals surface area contributed by atoms with Gasteiger partial charge in [0.25, 0.3) is 0 Å². The van der Waals surface area contributed by atoms with Crippen LogP contribution in [0.4, 0.5) is 0 Å². The largest absolute Gasteiger partial charge is 0.380 e. The molecule has 1 saturated carbocycles. The molecule has 2 fully saturated rings. The molecule has 0 aromatic carbocycles. The number of nitrogens with one attached hydrogen (secondary N) is 1. The molecule has 1 N–H and O–H groups in total. The quantitative estimate of drug-likeness (QED) is 0.688. The van der Waals surface area contributed by atoms with Gasteiger partial charge in [-0.25, -0.2) is 0 Å².